The van der Waals surface area contributed by atoms with Crippen LogP contribution in [0, 0.1) is 0 Å². The molecule has 1 aliphatic heterocycles. The smallest absolute Gasteiger partial charge is 0.273 e. The molecule has 162 valence electrons. The molecule has 1 aromatic heterocycles. The van der Waals surface area contributed by atoms with Crippen molar-refractivity contribution in [1.82, 2.24) is 14.8 Å². The summed E-state index contributed by atoms with van der Waals surface area (Å²) >= 11 is 1.56. The third-order valence-electron chi connectivity index (χ3n) is 5.58. The lowest BCUT2D eigenvalue weighted by molar-refractivity contribution is 0.0227. The van der Waals surface area contributed by atoms with Gasteiger partial charge in [-0.05, 0) is 18.1 Å². The SMILES string of the molecule is CC(CN1CCOCC1)N(Cc1ccccc1)C(=O)c1csc(Cc2ccccc2)n1. The number of ether oxygens (including phenoxy) is 1. The number of nitrogens with zero attached hydrogens (tertiary/aromatic N) is 3. The normalized spacial score (nSPS) is 15.5. The van der Waals surface area contributed by atoms with Gasteiger partial charge in [0.25, 0.3) is 5.91 Å². The van der Waals surface area contributed by atoms with E-state index < -0.39 is 0 Å². The molecule has 0 spiro atoms. The van der Waals surface area contributed by atoms with Crippen molar-refractivity contribution in [2.75, 3.05) is 32.8 Å². The fourth-order valence-electron chi connectivity index (χ4n) is 3.87. The van der Waals surface area contributed by atoms with Crippen LogP contribution in [0.25, 0.3) is 0 Å². The van der Waals surface area contributed by atoms with Crippen molar-refractivity contribution in [3.8, 4) is 0 Å². The zero-order valence-corrected chi connectivity index (χ0v) is 18.8. The molecule has 1 unspecified atom stereocenters. The van der Waals surface area contributed by atoms with Crippen LogP contribution in [0.2, 0.25) is 0 Å². The Hall–Kier alpha value is -2.54. The molecule has 1 fully saturated rings. The number of amides is 1. The van der Waals surface area contributed by atoms with Gasteiger partial charge in [0, 0.05) is 44.0 Å². The van der Waals surface area contributed by atoms with E-state index in [9.17, 15) is 4.79 Å². The zero-order chi connectivity index (χ0) is 21.5. The van der Waals surface area contributed by atoms with Crippen LogP contribution in [0.1, 0.15) is 33.5 Å². The van der Waals surface area contributed by atoms with E-state index in [0.29, 0.717) is 12.2 Å². The molecule has 0 saturated carbocycles. The van der Waals surface area contributed by atoms with Crippen LogP contribution in [0.5, 0.6) is 0 Å². The number of hydrogen-bond donors (Lipinski definition) is 0. The predicted molar refractivity (Wildman–Crippen MR) is 124 cm³/mol. The molecule has 1 atom stereocenters. The average molecular weight is 436 g/mol. The maximum atomic E-state index is 13.5. The van der Waals surface area contributed by atoms with Gasteiger partial charge in [0.15, 0.2) is 0 Å². The summed E-state index contributed by atoms with van der Waals surface area (Å²) in [5.41, 5.74) is 2.88. The minimum absolute atomic E-state index is 0.000161. The van der Waals surface area contributed by atoms with Crippen LogP contribution >= 0.6 is 11.3 Å². The van der Waals surface area contributed by atoms with E-state index in [1.54, 1.807) is 11.3 Å². The molecule has 1 aliphatic rings. The van der Waals surface area contributed by atoms with E-state index in [2.05, 4.69) is 36.1 Å². The van der Waals surface area contributed by atoms with E-state index in [1.807, 2.05) is 46.7 Å². The maximum Gasteiger partial charge on any atom is 0.273 e. The minimum Gasteiger partial charge on any atom is -0.379 e. The fourth-order valence-corrected chi connectivity index (χ4v) is 4.67. The van der Waals surface area contributed by atoms with Crippen molar-refractivity contribution in [2.45, 2.75) is 25.9 Å². The Labute approximate surface area is 188 Å². The van der Waals surface area contributed by atoms with Crippen LogP contribution in [0.3, 0.4) is 0 Å². The highest BCUT2D eigenvalue weighted by Crippen LogP contribution is 2.19. The molecule has 0 radical (unpaired) electrons. The number of hydrogen-bond acceptors (Lipinski definition) is 5. The summed E-state index contributed by atoms with van der Waals surface area (Å²) in [4.78, 5) is 22.6. The van der Waals surface area contributed by atoms with Gasteiger partial charge in [-0.1, -0.05) is 60.7 Å². The Kier molecular flexibility index (Phi) is 7.46. The lowest BCUT2D eigenvalue weighted by Gasteiger charge is -2.35. The van der Waals surface area contributed by atoms with E-state index in [0.717, 1.165) is 49.8 Å². The summed E-state index contributed by atoms with van der Waals surface area (Å²) in [6.45, 7) is 6.89. The van der Waals surface area contributed by atoms with Gasteiger partial charge in [0.05, 0.1) is 18.2 Å². The van der Waals surface area contributed by atoms with Crippen LogP contribution in [0.4, 0.5) is 0 Å². The highest BCUT2D eigenvalue weighted by molar-refractivity contribution is 7.09. The molecule has 0 N–H and O–H groups in total. The molecule has 3 aromatic rings. The first-order chi connectivity index (χ1) is 15.2. The molecule has 2 aromatic carbocycles. The molecule has 1 saturated heterocycles. The summed E-state index contributed by atoms with van der Waals surface area (Å²) < 4.78 is 5.47. The first-order valence-electron chi connectivity index (χ1n) is 10.8. The van der Waals surface area contributed by atoms with Crippen LogP contribution in [-0.2, 0) is 17.7 Å². The summed E-state index contributed by atoms with van der Waals surface area (Å²) in [5, 5.41) is 2.87. The Morgan fingerprint density at radius 1 is 1.06 bits per heavy atom. The van der Waals surface area contributed by atoms with Crippen molar-refractivity contribution >= 4 is 17.2 Å². The van der Waals surface area contributed by atoms with Crippen molar-refractivity contribution in [1.29, 1.82) is 0 Å². The van der Waals surface area contributed by atoms with Gasteiger partial charge in [-0.25, -0.2) is 4.98 Å². The highest BCUT2D eigenvalue weighted by atomic mass is 32.1. The molecule has 5 nitrogen and oxygen atoms in total. The Bertz CT molecular complexity index is 955. The lowest BCUT2D eigenvalue weighted by Crippen LogP contribution is -2.48. The lowest BCUT2D eigenvalue weighted by atomic mass is 10.1. The second kappa shape index (κ2) is 10.7. The first-order valence-corrected chi connectivity index (χ1v) is 11.7. The van der Waals surface area contributed by atoms with E-state index in [-0.39, 0.29) is 11.9 Å². The highest BCUT2D eigenvalue weighted by Gasteiger charge is 2.26. The van der Waals surface area contributed by atoms with Gasteiger partial charge in [-0.2, -0.15) is 0 Å². The van der Waals surface area contributed by atoms with Crippen LogP contribution in [-0.4, -0.2) is 59.6 Å². The molecule has 1 amide bonds. The number of thiazole rings is 1. The average Bonchev–Trinajstić information content (AvgIpc) is 3.27. The van der Waals surface area contributed by atoms with Crippen LogP contribution < -0.4 is 0 Å². The van der Waals surface area contributed by atoms with Crippen LogP contribution in [0.15, 0.2) is 66.0 Å². The van der Waals surface area contributed by atoms with Gasteiger partial charge in [0.1, 0.15) is 5.69 Å². The van der Waals surface area contributed by atoms with Gasteiger partial charge < -0.3 is 9.64 Å². The number of aromatic nitrogens is 1. The molecule has 0 bridgehead atoms. The molecule has 2 heterocycles. The second-order valence-corrected chi connectivity index (χ2v) is 8.91. The molecular weight excluding hydrogens is 406 g/mol. The van der Waals surface area contributed by atoms with Crippen molar-refractivity contribution in [2.24, 2.45) is 0 Å². The topological polar surface area (TPSA) is 45.7 Å². The van der Waals surface area contributed by atoms with E-state index >= 15 is 0 Å². The van der Waals surface area contributed by atoms with Gasteiger partial charge in [0.2, 0.25) is 0 Å². The number of carbonyl (C=O) groups excluding carboxylic acids is 1. The Balaban J connectivity index is 1.50. The molecule has 6 heteroatoms. The first kappa shape index (κ1) is 21.7. The van der Waals surface area contributed by atoms with Crippen molar-refractivity contribution < 1.29 is 9.53 Å². The molecular formula is C25H29N3O2S. The van der Waals surface area contributed by atoms with Gasteiger partial charge >= 0.3 is 0 Å². The third kappa shape index (κ3) is 6.00. The fraction of sp³-hybridized carbons (Fsp3) is 0.360. The Morgan fingerprint density at radius 3 is 2.39 bits per heavy atom. The maximum absolute atomic E-state index is 13.5. The van der Waals surface area contributed by atoms with Gasteiger partial charge in [-0.3, -0.25) is 9.69 Å². The number of carbonyl (C=O) groups is 1. The van der Waals surface area contributed by atoms with Crippen molar-refractivity contribution in [3.63, 3.8) is 0 Å². The Morgan fingerprint density at radius 2 is 1.71 bits per heavy atom. The second-order valence-electron chi connectivity index (χ2n) is 7.97. The largest absolute Gasteiger partial charge is 0.379 e. The van der Waals surface area contributed by atoms with Crippen molar-refractivity contribution in [3.05, 3.63) is 87.9 Å². The summed E-state index contributed by atoms with van der Waals surface area (Å²) in [7, 11) is 0. The number of rotatable bonds is 8. The molecule has 0 aliphatic carbocycles. The number of morpholine rings is 1. The standard InChI is InChI=1S/C25H29N3O2S/c1-20(17-27-12-14-30-15-13-27)28(18-22-10-6-3-7-11-22)25(29)23-19-31-24(26-23)16-21-8-4-2-5-9-21/h2-11,19-20H,12-18H2,1H3. The predicted octanol–water partition coefficient (Wildman–Crippen LogP) is 4.10. The monoisotopic (exact) mass is 435 g/mol. The minimum atomic E-state index is 0.000161. The summed E-state index contributed by atoms with van der Waals surface area (Å²) in [6.07, 6.45) is 0.751. The van der Waals surface area contributed by atoms with E-state index in [1.165, 1.54) is 5.56 Å². The number of benzene rings is 2. The summed E-state index contributed by atoms with van der Waals surface area (Å²) in [6, 6.07) is 20.5. The van der Waals surface area contributed by atoms with Gasteiger partial charge in [-0.15, -0.1) is 11.3 Å². The third-order valence-corrected chi connectivity index (χ3v) is 6.43. The van der Waals surface area contributed by atoms with E-state index in [4.69, 9.17) is 9.72 Å². The molecule has 4 rings (SSSR count). The molecule has 31 heavy (non-hydrogen) atoms. The quantitative estimate of drug-likeness (QED) is 0.535. The zero-order valence-electron chi connectivity index (χ0n) is 17.9. The summed E-state index contributed by atoms with van der Waals surface area (Å²) in [5.74, 6) is 0.000161.